The third-order valence-electron chi connectivity index (χ3n) is 3.48. The van der Waals surface area contributed by atoms with Crippen molar-refractivity contribution in [2.45, 2.75) is 46.9 Å². The third-order valence-corrected chi connectivity index (χ3v) is 3.48. The average molecular weight is 326 g/mol. The molecule has 0 fully saturated rings. The van der Waals surface area contributed by atoms with E-state index in [0.717, 1.165) is 17.7 Å². The molecule has 0 spiro atoms. The summed E-state index contributed by atoms with van der Waals surface area (Å²) in [7, 11) is 4.50. The van der Waals surface area contributed by atoms with Crippen LogP contribution in [0.5, 0.6) is 0 Å². The lowest BCUT2D eigenvalue weighted by molar-refractivity contribution is -0.385. The van der Waals surface area contributed by atoms with Crippen molar-refractivity contribution in [2.24, 2.45) is 0 Å². The van der Waals surface area contributed by atoms with Gasteiger partial charge in [0.25, 0.3) is 5.69 Å². The summed E-state index contributed by atoms with van der Waals surface area (Å²) in [6, 6.07) is 13.1. The molecular weight excluding hydrogens is 299 g/mol. The van der Waals surface area contributed by atoms with Gasteiger partial charge in [-0.3, -0.25) is 10.1 Å². The van der Waals surface area contributed by atoms with E-state index in [-0.39, 0.29) is 10.6 Å². The molecule has 2 aromatic rings. The highest BCUT2D eigenvalue weighted by atomic mass is 16.6. The van der Waals surface area contributed by atoms with Gasteiger partial charge in [-0.15, -0.1) is 0 Å². The Labute approximate surface area is 146 Å². The molecular formula is C19H27BN2O2. The van der Waals surface area contributed by atoms with Crippen molar-refractivity contribution in [3.05, 3.63) is 69.3 Å². The first-order chi connectivity index (χ1) is 11.5. The monoisotopic (exact) mass is 326 g/mol. The predicted octanol–water partition coefficient (Wildman–Crippen LogP) is 5.06. The Hall–Kier alpha value is -2.30. The molecule has 0 aliphatic rings. The summed E-state index contributed by atoms with van der Waals surface area (Å²) in [4.78, 5) is 10.5. The molecule has 0 heterocycles. The second kappa shape index (κ2) is 11.3. The number of nitro groups is 1. The summed E-state index contributed by atoms with van der Waals surface area (Å²) in [6.45, 7) is 9.40. The van der Waals surface area contributed by atoms with Crippen LogP contribution in [0.1, 0.15) is 43.4 Å². The van der Waals surface area contributed by atoms with Gasteiger partial charge in [0, 0.05) is 17.3 Å². The van der Waals surface area contributed by atoms with Crippen LogP contribution in [0.3, 0.4) is 0 Å². The van der Waals surface area contributed by atoms with E-state index in [9.17, 15) is 10.1 Å². The Balaban J connectivity index is 0.00000123. The van der Waals surface area contributed by atoms with E-state index in [4.69, 9.17) is 5.73 Å². The normalized spacial score (nSPS) is 10.5. The Morgan fingerprint density at radius 2 is 1.79 bits per heavy atom. The number of nitrogens with zero attached hydrogens (tertiary/aromatic N) is 1. The van der Waals surface area contributed by atoms with Gasteiger partial charge in [0.2, 0.25) is 0 Å². The largest absolute Gasteiger partial charge is 0.399 e. The van der Waals surface area contributed by atoms with Crippen LogP contribution in [0.15, 0.2) is 42.5 Å². The second-order valence-corrected chi connectivity index (χ2v) is 5.15. The summed E-state index contributed by atoms with van der Waals surface area (Å²) in [6.07, 6.45) is 0.836. The van der Waals surface area contributed by atoms with Gasteiger partial charge >= 0.3 is 0 Å². The highest BCUT2D eigenvalue weighted by Crippen LogP contribution is 2.25. The van der Waals surface area contributed by atoms with Gasteiger partial charge in [0.15, 0.2) is 0 Å². The van der Waals surface area contributed by atoms with Crippen LogP contribution < -0.4 is 5.73 Å². The van der Waals surface area contributed by atoms with Crippen LogP contribution in [0.2, 0.25) is 6.82 Å². The molecule has 1 atom stereocenters. The number of rotatable bonds is 4. The molecule has 4 nitrogen and oxygen atoms in total. The molecule has 2 N–H and O–H groups in total. The van der Waals surface area contributed by atoms with Crippen LogP contribution in [0.25, 0.3) is 0 Å². The van der Waals surface area contributed by atoms with Gasteiger partial charge in [-0.2, -0.15) is 0 Å². The molecule has 0 aromatic heterocycles. The standard InChI is InChI=1S/C16H18N2O2.C2H6.CH3B/c1-11(14-4-3-5-15(17)10-14)8-13-6-7-16(18(19)20)12(2)9-13;2*1-2/h3-7,9-11H,8,17H2,1-2H3;1-2H3;1H3. The number of nitrogens with two attached hydrogens (primary N) is 1. The maximum Gasteiger partial charge on any atom is 0.272 e. The van der Waals surface area contributed by atoms with Crippen molar-refractivity contribution in [3.8, 4) is 0 Å². The minimum Gasteiger partial charge on any atom is -0.399 e. The molecule has 0 aliphatic carbocycles. The Morgan fingerprint density at radius 3 is 2.29 bits per heavy atom. The number of aryl methyl sites for hydroxylation is 1. The minimum absolute atomic E-state index is 0.172. The molecule has 24 heavy (non-hydrogen) atoms. The lowest BCUT2D eigenvalue weighted by Crippen LogP contribution is -2.00. The Kier molecular flexibility index (Phi) is 10.2. The maximum atomic E-state index is 10.8. The fourth-order valence-corrected chi connectivity index (χ4v) is 2.39. The van der Waals surface area contributed by atoms with Crippen LogP contribution in [0.4, 0.5) is 11.4 Å². The zero-order valence-corrected chi connectivity index (χ0v) is 15.2. The van der Waals surface area contributed by atoms with Crippen LogP contribution in [0, 0.1) is 17.0 Å². The van der Waals surface area contributed by atoms with E-state index in [1.165, 1.54) is 12.4 Å². The summed E-state index contributed by atoms with van der Waals surface area (Å²) in [5, 5.41) is 10.8. The summed E-state index contributed by atoms with van der Waals surface area (Å²) >= 11 is 0. The van der Waals surface area contributed by atoms with Crippen LogP contribution in [-0.4, -0.2) is 12.8 Å². The van der Waals surface area contributed by atoms with Gasteiger partial charge in [-0.1, -0.05) is 45.8 Å². The SMILES string of the molecule is CC.Cc1cc(CC(C)c2cccc(N)c2)ccc1[N+](=O)[O-].[B]C. The molecule has 0 saturated heterocycles. The molecule has 0 bridgehead atoms. The molecule has 128 valence electrons. The highest BCUT2D eigenvalue weighted by Gasteiger charge is 2.12. The average Bonchev–Trinajstić information content (AvgIpc) is 2.58. The van der Waals surface area contributed by atoms with E-state index >= 15 is 0 Å². The molecule has 0 saturated carbocycles. The summed E-state index contributed by atoms with van der Waals surface area (Å²) in [5.41, 5.74) is 9.70. The number of hydrogen-bond donors (Lipinski definition) is 1. The van der Waals surface area contributed by atoms with Crippen molar-refractivity contribution in [1.82, 2.24) is 0 Å². The first kappa shape index (κ1) is 21.7. The van der Waals surface area contributed by atoms with E-state index in [0.29, 0.717) is 11.5 Å². The van der Waals surface area contributed by atoms with Gasteiger partial charge < -0.3 is 5.73 Å². The van der Waals surface area contributed by atoms with E-state index < -0.39 is 0 Å². The quantitative estimate of drug-likeness (QED) is 0.369. The van der Waals surface area contributed by atoms with Gasteiger partial charge in [-0.05, 0) is 48.6 Å². The van der Waals surface area contributed by atoms with Gasteiger partial charge in [-0.25, -0.2) is 0 Å². The first-order valence-corrected chi connectivity index (χ1v) is 8.14. The van der Waals surface area contributed by atoms with Gasteiger partial charge in [0.1, 0.15) is 0 Å². The molecule has 5 heteroatoms. The van der Waals surface area contributed by atoms with Crippen LogP contribution in [-0.2, 0) is 6.42 Å². The van der Waals surface area contributed by atoms with E-state index in [1.54, 1.807) is 13.0 Å². The fourth-order valence-electron chi connectivity index (χ4n) is 2.39. The van der Waals surface area contributed by atoms with Crippen molar-refractivity contribution in [1.29, 1.82) is 0 Å². The smallest absolute Gasteiger partial charge is 0.272 e. The van der Waals surface area contributed by atoms with Crippen molar-refractivity contribution >= 4 is 19.2 Å². The van der Waals surface area contributed by atoms with E-state index in [2.05, 4.69) is 20.8 Å². The number of nitrogen functional groups attached to an aromatic ring is 1. The molecule has 1 unspecified atom stereocenters. The second-order valence-electron chi connectivity index (χ2n) is 5.15. The first-order valence-electron chi connectivity index (χ1n) is 8.14. The number of nitro benzene ring substituents is 1. The molecule has 0 aliphatic heterocycles. The number of benzene rings is 2. The zero-order chi connectivity index (χ0) is 18.7. The molecule has 2 aromatic carbocycles. The Bertz CT molecular complexity index is 645. The van der Waals surface area contributed by atoms with Crippen molar-refractivity contribution < 1.29 is 4.92 Å². The predicted molar refractivity (Wildman–Crippen MR) is 104 cm³/mol. The lowest BCUT2D eigenvalue weighted by Gasteiger charge is -2.13. The minimum atomic E-state index is -0.347. The zero-order valence-electron chi connectivity index (χ0n) is 15.2. The van der Waals surface area contributed by atoms with E-state index in [1.807, 2.05) is 44.2 Å². The lowest BCUT2D eigenvalue weighted by atomic mass is 9.92. The third kappa shape index (κ3) is 6.45. The topological polar surface area (TPSA) is 69.2 Å². The number of anilines is 1. The van der Waals surface area contributed by atoms with Crippen LogP contribution >= 0.6 is 0 Å². The fraction of sp³-hybridized carbons (Fsp3) is 0.368. The van der Waals surface area contributed by atoms with Crippen molar-refractivity contribution in [2.75, 3.05) is 5.73 Å². The molecule has 2 radical (unpaired) electrons. The maximum absolute atomic E-state index is 10.8. The molecule has 0 amide bonds. The highest BCUT2D eigenvalue weighted by molar-refractivity contribution is 6.05. The Morgan fingerprint density at radius 1 is 1.17 bits per heavy atom. The van der Waals surface area contributed by atoms with Gasteiger partial charge in [0.05, 0.1) is 12.8 Å². The summed E-state index contributed by atoms with van der Waals surface area (Å²) in [5.74, 6) is 0.319. The summed E-state index contributed by atoms with van der Waals surface area (Å²) < 4.78 is 0. The molecule has 2 rings (SSSR count). The van der Waals surface area contributed by atoms with Crippen molar-refractivity contribution in [3.63, 3.8) is 0 Å². The number of hydrogen-bond acceptors (Lipinski definition) is 3.